The van der Waals surface area contributed by atoms with E-state index in [1.165, 1.54) is 38.5 Å². The number of hydrogen-bond donors (Lipinski definition) is 0. The molecule has 26 heavy (non-hydrogen) atoms. The summed E-state index contributed by atoms with van der Waals surface area (Å²) in [5.74, 6) is -0.0433. The number of allylic oxidation sites excluding steroid dienone is 1. The van der Waals surface area contributed by atoms with Gasteiger partial charge in [0.15, 0.2) is 0 Å². The number of unbranched alkanes of at least 4 members (excludes halogenated alkanes) is 9. The summed E-state index contributed by atoms with van der Waals surface area (Å²) in [7, 11) is 0. The van der Waals surface area contributed by atoms with E-state index in [9.17, 15) is 9.90 Å². The summed E-state index contributed by atoms with van der Waals surface area (Å²) >= 11 is 0. The quantitative estimate of drug-likeness (QED) is 0.160. The molecule has 3 nitrogen and oxygen atoms in total. The maximum Gasteiger partial charge on any atom is 1.00 e. The molecule has 0 aromatic heterocycles. The third-order valence-electron chi connectivity index (χ3n) is 4.46. The molecule has 0 unspecified atom stereocenters. The predicted molar refractivity (Wildman–Crippen MR) is 104 cm³/mol. The Hall–Kier alpha value is 0.170. The van der Waals surface area contributed by atoms with Crippen molar-refractivity contribution in [1.29, 1.82) is 0 Å². The van der Waals surface area contributed by atoms with Crippen molar-refractivity contribution in [2.24, 2.45) is 0 Å². The fourth-order valence-corrected chi connectivity index (χ4v) is 2.75. The molecule has 0 saturated heterocycles. The van der Waals surface area contributed by atoms with Crippen LogP contribution >= 0.6 is 0 Å². The van der Waals surface area contributed by atoms with Gasteiger partial charge in [-0.25, -0.2) is 0 Å². The van der Waals surface area contributed by atoms with Gasteiger partial charge in [0.05, 0.1) is 6.61 Å². The van der Waals surface area contributed by atoms with E-state index < -0.39 is 6.10 Å². The largest absolute Gasteiger partial charge is 1.00 e. The molecule has 0 spiro atoms. The molecule has 0 heterocycles. The minimum atomic E-state index is -0.412. The fourth-order valence-electron chi connectivity index (χ4n) is 2.75. The van der Waals surface area contributed by atoms with Gasteiger partial charge >= 0.3 is 35.5 Å². The third kappa shape index (κ3) is 22.2. The zero-order valence-corrected chi connectivity index (χ0v) is 19.8. The minimum absolute atomic E-state index is 0. The summed E-state index contributed by atoms with van der Waals surface area (Å²) in [6.45, 7) is 4.86. The first-order valence-electron chi connectivity index (χ1n) is 10.7. The van der Waals surface area contributed by atoms with Crippen LogP contribution in [0.15, 0.2) is 12.2 Å². The Morgan fingerprint density at radius 1 is 0.885 bits per heavy atom. The Bertz CT molecular complexity index is 319. The predicted octanol–water partition coefficient (Wildman–Crippen LogP) is 2.71. The maximum absolute atomic E-state index is 11.7. The van der Waals surface area contributed by atoms with Gasteiger partial charge in [-0.05, 0) is 32.1 Å². The number of carbonyl (C=O) groups excluding carboxylic acids is 1. The summed E-state index contributed by atoms with van der Waals surface area (Å²) in [4.78, 5) is 11.4. The molecule has 0 saturated carbocycles. The fraction of sp³-hybridized carbons (Fsp3) is 0.864. The van der Waals surface area contributed by atoms with Crippen molar-refractivity contribution in [2.45, 2.75) is 116 Å². The Morgan fingerprint density at radius 2 is 1.54 bits per heavy atom. The van der Waals surface area contributed by atoms with Gasteiger partial charge in [0.1, 0.15) is 0 Å². The van der Waals surface area contributed by atoms with Crippen LogP contribution in [0.25, 0.3) is 0 Å². The van der Waals surface area contributed by atoms with E-state index in [0.29, 0.717) is 19.4 Å². The van der Waals surface area contributed by atoms with E-state index in [2.05, 4.69) is 26.0 Å². The Kier molecular flexibility index (Phi) is 25.3. The van der Waals surface area contributed by atoms with Crippen LogP contribution in [-0.2, 0) is 9.53 Å². The van der Waals surface area contributed by atoms with E-state index in [-0.39, 0.29) is 35.5 Å². The smallest absolute Gasteiger partial charge is 0.852 e. The van der Waals surface area contributed by atoms with E-state index >= 15 is 0 Å². The van der Waals surface area contributed by atoms with Crippen LogP contribution in [0.1, 0.15) is 110 Å². The van der Waals surface area contributed by atoms with Crippen LogP contribution in [0.3, 0.4) is 0 Å². The Labute approximate surface area is 184 Å². The van der Waals surface area contributed by atoms with Gasteiger partial charge in [0.25, 0.3) is 0 Å². The second-order valence-electron chi connectivity index (χ2n) is 7.06. The second kappa shape index (κ2) is 23.2. The van der Waals surface area contributed by atoms with Crippen LogP contribution in [-0.4, -0.2) is 18.7 Å². The summed E-state index contributed by atoms with van der Waals surface area (Å²) in [6, 6.07) is 0. The number of ether oxygens (including phenoxy) is 1. The van der Waals surface area contributed by atoms with Crippen molar-refractivity contribution in [1.82, 2.24) is 0 Å². The number of rotatable bonds is 18. The topological polar surface area (TPSA) is 49.4 Å². The Morgan fingerprint density at radius 3 is 2.27 bits per heavy atom. The normalized spacial score (nSPS) is 12.1. The molecule has 1 atom stereocenters. The molecule has 0 fully saturated rings. The van der Waals surface area contributed by atoms with Gasteiger partial charge in [-0.1, -0.05) is 83.8 Å². The minimum Gasteiger partial charge on any atom is -0.852 e. The molecular formula is C22H41NaO3. The Balaban J connectivity index is 0. The summed E-state index contributed by atoms with van der Waals surface area (Å²) in [5.41, 5.74) is 0. The van der Waals surface area contributed by atoms with E-state index in [1.807, 2.05) is 0 Å². The molecule has 0 amide bonds. The van der Waals surface area contributed by atoms with Gasteiger partial charge in [-0.15, -0.1) is 6.10 Å². The van der Waals surface area contributed by atoms with Crippen LogP contribution in [0, 0.1) is 0 Å². The van der Waals surface area contributed by atoms with Crippen LogP contribution < -0.4 is 34.7 Å². The van der Waals surface area contributed by atoms with Crippen molar-refractivity contribution in [3.63, 3.8) is 0 Å². The molecular weight excluding hydrogens is 335 g/mol. The average molecular weight is 377 g/mol. The molecule has 148 valence electrons. The first-order valence-corrected chi connectivity index (χ1v) is 10.7. The SMILES string of the molecule is CCCCCC[C@@H]([O-])C/C=C/CCCCCCCC(=O)OCCCC.[Na+]. The molecule has 0 aliphatic heterocycles. The molecule has 0 rings (SSSR count). The van der Waals surface area contributed by atoms with E-state index in [1.54, 1.807) is 0 Å². The molecule has 4 heteroatoms. The first kappa shape index (κ1) is 28.4. The van der Waals surface area contributed by atoms with Crippen molar-refractivity contribution in [3.8, 4) is 0 Å². The van der Waals surface area contributed by atoms with Crippen molar-refractivity contribution in [3.05, 3.63) is 12.2 Å². The molecule has 0 radical (unpaired) electrons. The number of carbonyl (C=O) groups is 1. The van der Waals surface area contributed by atoms with E-state index in [0.717, 1.165) is 44.9 Å². The van der Waals surface area contributed by atoms with Crippen LogP contribution in [0.5, 0.6) is 0 Å². The van der Waals surface area contributed by atoms with Gasteiger partial charge in [-0.3, -0.25) is 4.79 Å². The molecule has 0 bridgehead atoms. The summed E-state index contributed by atoms with van der Waals surface area (Å²) < 4.78 is 5.14. The molecule has 0 aliphatic carbocycles. The van der Waals surface area contributed by atoms with Gasteiger partial charge < -0.3 is 9.84 Å². The average Bonchev–Trinajstić information content (AvgIpc) is 2.60. The summed E-state index contributed by atoms with van der Waals surface area (Å²) in [6.07, 6.45) is 19.4. The van der Waals surface area contributed by atoms with Crippen LogP contribution in [0.2, 0.25) is 0 Å². The van der Waals surface area contributed by atoms with Crippen molar-refractivity contribution in [2.75, 3.05) is 6.61 Å². The van der Waals surface area contributed by atoms with E-state index in [4.69, 9.17) is 4.74 Å². The van der Waals surface area contributed by atoms with Gasteiger partial charge in [0, 0.05) is 6.42 Å². The standard InChI is InChI=1S/C22H41O3.Na/c1-3-5-7-14-17-21(23)18-15-12-10-8-9-11-13-16-19-22(24)25-20-6-4-2;/h12,15,21H,3-11,13-14,16-20H2,1-2H3;/q-1;+1/b15-12+;/t21-;/m1./s1. The molecule has 0 aromatic carbocycles. The number of hydrogen-bond acceptors (Lipinski definition) is 3. The maximum atomic E-state index is 11.7. The third-order valence-corrected chi connectivity index (χ3v) is 4.46. The zero-order chi connectivity index (χ0) is 18.6. The van der Waals surface area contributed by atoms with Gasteiger partial charge in [0.2, 0.25) is 0 Å². The molecule has 0 N–H and O–H groups in total. The number of esters is 1. The zero-order valence-electron chi connectivity index (χ0n) is 17.8. The van der Waals surface area contributed by atoms with Crippen LogP contribution in [0.4, 0.5) is 0 Å². The first-order chi connectivity index (χ1) is 12.2. The molecule has 0 aliphatic rings. The van der Waals surface area contributed by atoms with Gasteiger partial charge in [-0.2, -0.15) is 0 Å². The molecule has 0 aromatic rings. The monoisotopic (exact) mass is 376 g/mol. The van der Waals surface area contributed by atoms with Crippen molar-refractivity contribution < 1.29 is 44.2 Å². The van der Waals surface area contributed by atoms with Crippen molar-refractivity contribution >= 4 is 5.97 Å². The summed E-state index contributed by atoms with van der Waals surface area (Å²) in [5, 5.41) is 11.7. The second-order valence-corrected chi connectivity index (χ2v) is 7.06.